The molecule has 15 heavy (non-hydrogen) atoms. The minimum absolute atomic E-state index is 0.0708. The zero-order valence-electron chi connectivity index (χ0n) is 9.92. The number of Topliss-reactive ketones (excluding diaryl/α,β-unsaturated/α-hetero) is 1. The fourth-order valence-electron chi connectivity index (χ4n) is 1.66. The van der Waals surface area contributed by atoms with Gasteiger partial charge >= 0.3 is 0 Å². The van der Waals surface area contributed by atoms with Crippen LogP contribution >= 0.6 is 0 Å². The molecule has 1 rings (SSSR count). The van der Waals surface area contributed by atoms with Gasteiger partial charge in [-0.2, -0.15) is 0 Å². The molecule has 1 atom stereocenters. The molecular weight excluding hydrogens is 186 g/mol. The second-order valence-electron chi connectivity index (χ2n) is 4.36. The number of ketones is 1. The third-order valence-corrected chi connectivity index (χ3v) is 2.65. The topological polar surface area (TPSA) is 43.1 Å². The molecule has 0 saturated heterocycles. The average Bonchev–Trinajstić information content (AvgIpc) is 2.09. The van der Waals surface area contributed by atoms with Gasteiger partial charge in [-0.1, -0.05) is 6.07 Å². The largest absolute Gasteiger partial charge is 0.328 e. The quantitative estimate of drug-likeness (QED) is 0.770. The molecule has 0 aliphatic heterocycles. The lowest BCUT2D eigenvalue weighted by Gasteiger charge is -2.10. The van der Waals surface area contributed by atoms with Crippen LogP contribution in [-0.4, -0.2) is 11.8 Å². The molecule has 2 N–H and O–H groups in total. The highest BCUT2D eigenvalue weighted by Crippen LogP contribution is 2.17. The molecular formula is C13H19NO. The van der Waals surface area contributed by atoms with Crippen molar-refractivity contribution in [3.8, 4) is 0 Å². The Labute approximate surface area is 91.5 Å². The SMILES string of the molecule is Cc1cc(C)c(C(=O)CC(C)N)cc1C. The fourth-order valence-corrected chi connectivity index (χ4v) is 1.66. The van der Waals surface area contributed by atoms with Crippen LogP contribution in [0.1, 0.15) is 40.4 Å². The van der Waals surface area contributed by atoms with Crippen molar-refractivity contribution in [3.05, 3.63) is 34.4 Å². The van der Waals surface area contributed by atoms with E-state index in [-0.39, 0.29) is 11.8 Å². The highest BCUT2D eigenvalue weighted by molar-refractivity contribution is 5.98. The van der Waals surface area contributed by atoms with Gasteiger partial charge in [0, 0.05) is 18.0 Å². The van der Waals surface area contributed by atoms with Gasteiger partial charge in [0.2, 0.25) is 0 Å². The second-order valence-corrected chi connectivity index (χ2v) is 4.36. The first-order valence-electron chi connectivity index (χ1n) is 5.28. The van der Waals surface area contributed by atoms with E-state index < -0.39 is 0 Å². The van der Waals surface area contributed by atoms with E-state index in [1.54, 1.807) is 0 Å². The van der Waals surface area contributed by atoms with Crippen LogP contribution in [0.5, 0.6) is 0 Å². The van der Waals surface area contributed by atoms with E-state index >= 15 is 0 Å². The van der Waals surface area contributed by atoms with Crippen LogP contribution in [-0.2, 0) is 0 Å². The van der Waals surface area contributed by atoms with Crippen molar-refractivity contribution in [3.63, 3.8) is 0 Å². The molecule has 82 valence electrons. The highest BCUT2D eigenvalue weighted by atomic mass is 16.1. The molecule has 1 aromatic rings. The van der Waals surface area contributed by atoms with Gasteiger partial charge in [-0.15, -0.1) is 0 Å². The van der Waals surface area contributed by atoms with E-state index in [1.165, 1.54) is 5.56 Å². The lowest BCUT2D eigenvalue weighted by atomic mass is 9.95. The Kier molecular flexibility index (Phi) is 3.64. The van der Waals surface area contributed by atoms with Crippen molar-refractivity contribution in [1.29, 1.82) is 0 Å². The van der Waals surface area contributed by atoms with Crippen molar-refractivity contribution in [2.24, 2.45) is 5.73 Å². The summed E-state index contributed by atoms with van der Waals surface area (Å²) in [5, 5.41) is 0. The minimum atomic E-state index is -0.0708. The number of aryl methyl sites for hydroxylation is 3. The highest BCUT2D eigenvalue weighted by Gasteiger charge is 2.12. The van der Waals surface area contributed by atoms with Crippen LogP contribution in [0.4, 0.5) is 0 Å². The lowest BCUT2D eigenvalue weighted by Crippen LogP contribution is -2.20. The monoisotopic (exact) mass is 205 g/mol. The molecule has 0 radical (unpaired) electrons. The molecule has 2 nitrogen and oxygen atoms in total. The summed E-state index contributed by atoms with van der Waals surface area (Å²) in [5.41, 5.74) is 9.88. The predicted octanol–water partition coefficient (Wildman–Crippen LogP) is 2.53. The van der Waals surface area contributed by atoms with Crippen LogP contribution in [0.2, 0.25) is 0 Å². The number of hydrogen-bond donors (Lipinski definition) is 1. The van der Waals surface area contributed by atoms with Crippen molar-refractivity contribution in [2.45, 2.75) is 40.2 Å². The number of carbonyl (C=O) groups is 1. The summed E-state index contributed by atoms with van der Waals surface area (Å²) in [6.45, 7) is 7.91. The number of benzene rings is 1. The minimum Gasteiger partial charge on any atom is -0.328 e. The first-order chi connectivity index (χ1) is 6.91. The molecule has 0 saturated carbocycles. The maximum Gasteiger partial charge on any atom is 0.164 e. The Bertz CT molecular complexity index is 380. The summed E-state index contributed by atoms with van der Waals surface area (Å²) >= 11 is 0. The van der Waals surface area contributed by atoms with Gasteiger partial charge in [0.25, 0.3) is 0 Å². The Morgan fingerprint density at radius 1 is 1.20 bits per heavy atom. The Balaban J connectivity index is 3.04. The number of rotatable bonds is 3. The Morgan fingerprint density at radius 2 is 1.73 bits per heavy atom. The van der Waals surface area contributed by atoms with Crippen LogP contribution in [0.15, 0.2) is 12.1 Å². The first-order valence-corrected chi connectivity index (χ1v) is 5.28. The van der Waals surface area contributed by atoms with Crippen LogP contribution in [0, 0.1) is 20.8 Å². The Hall–Kier alpha value is -1.15. The van der Waals surface area contributed by atoms with Crippen LogP contribution in [0.3, 0.4) is 0 Å². The van der Waals surface area contributed by atoms with Crippen molar-refractivity contribution in [1.82, 2.24) is 0 Å². The molecule has 0 aromatic heterocycles. The van der Waals surface area contributed by atoms with Crippen LogP contribution < -0.4 is 5.73 Å². The summed E-state index contributed by atoms with van der Waals surface area (Å²) < 4.78 is 0. The fraction of sp³-hybridized carbons (Fsp3) is 0.462. The van der Waals surface area contributed by atoms with Crippen LogP contribution in [0.25, 0.3) is 0 Å². The van der Waals surface area contributed by atoms with Crippen molar-refractivity contribution >= 4 is 5.78 Å². The van der Waals surface area contributed by atoms with Gasteiger partial charge < -0.3 is 5.73 Å². The van der Waals surface area contributed by atoms with E-state index in [0.29, 0.717) is 6.42 Å². The maximum absolute atomic E-state index is 11.9. The number of carbonyl (C=O) groups excluding carboxylic acids is 1. The third-order valence-electron chi connectivity index (χ3n) is 2.65. The second kappa shape index (κ2) is 4.58. The summed E-state index contributed by atoms with van der Waals surface area (Å²) in [6, 6.07) is 3.96. The van der Waals surface area contributed by atoms with Gasteiger partial charge in [0.1, 0.15) is 0 Å². The van der Waals surface area contributed by atoms with E-state index in [9.17, 15) is 4.79 Å². The van der Waals surface area contributed by atoms with Gasteiger partial charge in [0.05, 0.1) is 0 Å². The lowest BCUT2D eigenvalue weighted by molar-refractivity contribution is 0.0976. The van der Waals surface area contributed by atoms with Crippen molar-refractivity contribution in [2.75, 3.05) is 0 Å². The van der Waals surface area contributed by atoms with Gasteiger partial charge in [-0.05, 0) is 50.5 Å². The molecule has 2 heteroatoms. The molecule has 0 amide bonds. The van der Waals surface area contributed by atoms with Gasteiger partial charge in [0.15, 0.2) is 5.78 Å². The summed E-state index contributed by atoms with van der Waals surface area (Å²) in [4.78, 5) is 11.9. The molecule has 1 unspecified atom stereocenters. The zero-order chi connectivity index (χ0) is 11.6. The summed E-state index contributed by atoms with van der Waals surface area (Å²) in [5.74, 6) is 0.144. The molecule has 0 heterocycles. The average molecular weight is 205 g/mol. The van der Waals surface area contributed by atoms with E-state index in [4.69, 9.17) is 5.73 Å². The normalized spacial score (nSPS) is 12.6. The third kappa shape index (κ3) is 2.90. The maximum atomic E-state index is 11.9. The van der Waals surface area contributed by atoms with Gasteiger partial charge in [-0.3, -0.25) is 4.79 Å². The molecule has 0 fully saturated rings. The first kappa shape index (κ1) is 11.9. The van der Waals surface area contributed by atoms with E-state index in [2.05, 4.69) is 13.0 Å². The molecule has 1 aromatic carbocycles. The standard InChI is InChI=1S/C13H19NO/c1-8-5-10(3)12(6-9(8)2)13(15)7-11(4)14/h5-6,11H,7,14H2,1-4H3. The van der Waals surface area contributed by atoms with Crippen molar-refractivity contribution < 1.29 is 4.79 Å². The molecule has 0 spiro atoms. The number of nitrogens with two attached hydrogens (primary N) is 1. The summed E-state index contributed by atoms with van der Waals surface area (Å²) in [7, 11) is 0. The molecule has 0 aliphatic rings. The predicted molar refractivity (Wildman–Crippen MR) is 63.2 cm³/mol. The number of hydrogen-bond acceptors (Lipinski definition) is 2. The Morgan fingerprint density at radius 3 is 2.27 bits per heavy atom. The molecule has 0 bridgehead atoms. The molecule has 0 aliphatic carbocycles. The summed E-state index contributed by atoms with van der Waals surface area (Å²) in [6.07, 6.45) is 0.420. The smallest absolute Gasteiger partial charge is 0.164 e. The van der Waals surface area contributed by atoms with E-state index in [0.717, 1.165) is 16.7 Å². The van der Waals surface area contributed by atoms with Gasteiger partial charge in [-0.25, -0.2) is 0 Å². The van der Waals surface area contributed by atoms with E-state index in [1.807, 2.05) is 26.8 Å². The zero-order valence-corrected chi connectivity index (χ0v) is 9.92.